The first-order valence-corrected chi connectivity index (χ1v) is 8.56. The van der Waals surface area contributed by atoms with Gasteiger partial charge in [0.15, 0.2) is 11.6 Å². The first-order chi connectivity index (χ1) is 13.4. The molecule has 2 aromatic carbocycles. The summed E-state index contributed by atoms with van der Waals surface area (Å²) in [4.78, 5) is 20.3. The number of nitrogens with one attached hydrogen (secondary N) is 2. The van der Waals surface area contributed by atoms with Crippen LogP contribution >= 0.6 is 0 Å². The molecule has 1 heterocycles. The number of benzene rings is 2. The molecule has 0 saturated carbocycles. The van der Waals surface area contributed by atoms with Crippen LogP contribution in [-0.4, -0.2) is 22.5 Å². The summed E-state index contributed by atoms with van der Waals surface area (Å²) < 4.78 is 31.4. The van der Waals surface area contributed by atoms with Crippen LogP contribution in [0.2, 0.25) is 0 Å². The van der Waals surface area contributed by atoms with Crippen LogP contribution in [0.25, 0.3) is 0 Å². The quantitative estimate of drug-likeness (QED) is 0.599. The fourth-order valence-electron chi connectivity index (χ4n) is 2.44. The van der Waals surface area contributed by atoms with Gasteiger partial charge in [-0.3, -0.25) is 0 Å². The SMILES string of the molecule is CCOC(=O)c1ccc(Nc2cc(C)nc(Nc3ccc(F)c(F)c3)n2)cc1. The second kappa shape index (κ2) is 8.43. The Bertz CT molecular complexity index is 994. The maximum absolute atomic E-state index is 13.4. The molecule has 0 aliphatic rings. The molecule has 3 rings (SSSR count). The van der Waals surface area contributed by atoms with E-state index in [1.807, 2.05) is 0 Å². The monoisotopic (exact) mass is 384 g/mol. The van der Waals surface area contributed by atoms with Gasteiger partial charge in [-0.25, -0.2) is 18.6 Å². The summed E-state index contributed by atoms with van der Waals surface area (Å²) in [5.74, 6) is -1.54. The van der Waals surface area contributed by atoms with Crippen molar-refractivity contribution in [1.29, 1.82) is 0 Å². The number of halogens is 2. The molecular formula is C20H18F2N4O2. The molecule has 0 amide bonds. The van der Waals surface area contributed by atoms with Crippen molar-refractivity contribution in [3.63, 3.8) is 0 Å². The van der Waals surface area contributed by atoms with Gasteiger partial charge in [-0.2, -0.15) is 4.98 Å². The molecule has 1 aromatic heterocycles. The van der Waals surface area contributed by atoms with Gasteiger partial charge in [-0.05, 0) is 50.2 Å². The van der Waals surface area contributed by atoms with Gasteiger partial charge in [0, 0.05) is 29.2 Å². The average Bonchev–Trinajstić information content (AvgIpc) is 2.65. The molecule has 0 aliphatic heterocycles. The number of carbonyl (C=O) groups is 1. The van der Waals surface area contributed by atoms with E-state index in [4.69, 9.17) is 4.74 Å². The number of nitrogens with zero attached hydrogens (tertiary/aromatic N) is 2. The van der Waals surface area contributed by atoms with E-state index in [2.05, 4.69) is 20.6 Å². The van der Waals surface area contributed by atoms with Crippen molar-refractivity contribution in [1.82, 2.24) is 9.97 Å². The molecule has 0 saturated heterocycles. The topological polar surface area (TPSA) is 76.1 Å². The zero-order chi connectivity index (χ0) is 20.1. The highest BCUT2D eigenvalue weighted by atomic mass is 19.2. The van der Waals surface area contributed by atoms with E-state index in [0.29, 0.717) is 35.1 Å². The molecule has 0 atom stereocenters. The Labute approximate surface area is 160 Å². The number of rotatable bonds is 6. The molecule has 0 unspecified atom stereocenters. The molecule has 0 fully saturated rings. The van der Waals surface area contributed by atoms with Crippen LogP contribution < -0.4 is 10.6 Å². The molecule has 3 aromatic rings. The summed E-state index contributed by atoms with van der Waals surface area (Å²) in [6.07, 6.45) is 0. The number of ether oxygens (including phenoxy) is 1. The van der Waals surface area contributed by atoms with E-state index in [-0.39, 0.29) is 11.9 Å². The number of aryl methyl sites for hydroxylation is 1. The summed E-state index contributed by atoms with van der Waals surface area (Å²) >= 11 is 0. The Morgan fingerprint density at radius 1 is 0.964 bits per heavy atom. The Kier molecular flexibility index (Phi) is 5.78. The van der Waals surface area contributed by atoms with Crippen molar-refractivity contribution in [2.45, 2.75) is 13.8 Å². The maximum Gasteiger partial charge on any atom is 0.338 e. The second-order valence-electron chi connectivity index (χ2n) is 5.89. The lowest BCUT2D eigenvalue weighted by Gasteiger charge is -2.10. The lowest BCUT2D eigenvalue weighted by atomic mass is 10.2. The molecule has 8 heteroatoms. The van der Waals surface area contributed by atoms with Crippen molar-refractivity contribution >= 4 is 29.1 Å². The molecule has 0 bridgehead atoms. The molecule has 0 spiro atoms. The van der Waals surface area contributed by atoms with E-state index in [1.54, 1.807) is 44.2 Å². The van der Waals surface area contributed by atoms with Gasteiger partial charge in [0.2, 0.25) is 5.95 Å². The van der Waals surface area contributed by atoms with Gasteiger partial charge in [0.05, 0.1) is 12.2 Å². The number of esters is 1. The fourth-order valence-corrected chi connectivity index (χ4v) is 2.44. The minimum Gasteiger partial charge on any atom is -0.462 e. The van der Waals surface area contributed by atoms with Crippen molar-refractivity contribution in [2.75, 3.05) is 17.2 Å². The summed E-state index contributed by atoms with van der Waals surface area (Å²) in [6.45, 7) is 3.84. The van der Waals surface area contributed by atoms with Crippen LogP contribution in [-0.2, 0) is 4.74 Å². The minimum atomic E-state index is -0.960. The zero-order valence-corrected chi connectivity index (χ0v) is 15.3. The highest BCUT2D eigenvalue weighted by Gasteiger charge is 2.08. The number of aromatic nitrogens is 2. The van der Waals surface area contributed by atoms with Crippen LogP contribution in [0.15, 0.2) is 48.5 Å². The molecule has 0 radical (unpaired) electrons. The third-order valence-corrected chi connectivity index (χ3v) is 3.70. The van der Waals surface area contributed by atoms with E-state index < -0.39 is 11.6 Å². The standard InChI is InChI=1S/C20H18F2N4O2/c1-3-28-19(27)13-4-6-14(7-5-13)24-18-10-12(2)23-20(26-18)25-15-8-9-16(21)17(22)11-15/h4-11H,3H2,1-2H3,(H2,23,24,25,26). The summed E-state index contributed by atoms with van der Waals surface area (Å²) in [5.41, 5.74) is 2.16. The van der Waals surface area contributed by atoms with Gasteiger partial charge in [-0.15, -0.1) is 0 Å². The Balaban J connectivity index is 1.76. The van der Waals surface area contributed by atoms with Gasteiger partial charge in [0.1, 0.15) is 5.82 Å². The predicted octanol–water partition coefficient (Wildman–Crippen LogP) is 4.73. The molecule has 28 heavy (non-hydrogen) atoms. The highest BCUT2D eigenvalue weighted by molar-refractivity contribution is 5.89. The van der Waals surface area contributed by atoms with Crippen molar-refractivity contribution in [3.8, 4) is 0 Å². The second-order valence-corrected chi connectivity index (χ2v) is 5.89. The zero-order valence-electron chi connectivity index (χ0n) is 15.3. The van der Waals surface area contributed by atoms with Gasteiger partial charge in [0.25, 0.3) is 0 Å². The van der Waals surface area contributed by atoms with Crippen LogP contribution in [0.3, 0.4) is 0 Å². The van der Waals surface area contributed by atoms with Crippen molar-refractivity contribution in [3.05, 3.63) is 71.4 Å². The number of carbonyl (C=O) groups excluding carboxylic acids is 1. The minimum absolute atomic E-state index is 0.233. The average molecular weight is 384 g/mol. The van der Waals surface area contributed by atoms with E-state index in [1.165, 1.54) is 6.07 Å². The number of hydrogen-bond donors (Lipinski definition) is 2. The molecule has 2 N–H and O–H groups in total. The van der Waals surface area contributed by atoms with E-state index >= 15 is 0 Å². The van der Waals surface area contributed by atoms with E-state index in [0.717, 1.165) is 12.1 Å². The third kappa shape index (κ3) is 4.79. The number of hydrogen-bond acceptors (Lipinski definition) is 6. The van der Waals surface area contributed by atoms with Crippen molar-refractivity contribution in [2.24, 2.45) is 0 Å². The summed E-state index contributed by atoms with van der Waals surface area (Å²) in [5, 5.41) is 5.96. The summed E-state index contributed by atoms with van der Waals surface area (Å²) in [7, 11) is 0. The first-order valence-electron chi connectivity index (χ1n) is 8.56. The van der Waals surface area contributed by atoms with Crippen LogP contribution in [0.4, 0.5) is 31.9 Å². The van der Waals surface area contributed by atoms with Crippen molar-refractivity contribution < 1.29 is 18.3 Å². The lowest BCUT2D eigenvalue weighted by Crippen LogP contribution is -2.05. The largest absolute Gasteiger partial charge is 0.462 e. The Morgan fingerprint density at radius 3 is 2.36 bits per heavy atom. The van der Waals surface area contributed by atoms with E-state index in [9.17, 15) is 13.6 Å². The van der Waals surface area contributed by atoms with Gasteiger partial charge < -0.3 is 15.4 Å². The van der Waals surface area contributed by atoms with Crippen LogP contribution in [0.5, 0.6) is 0 Å². The molecule has 0 aliphatic carbocycles. The first kappa shape index (κ1) is 19.2. The molecular weight excluding hydrogens is 366 g/mol. The fraction of sp³-hybridized carbons (Fsp3) is 0.150. The molecule has 144 valence electrons. The van der Waals surface area contributed by atoms with Gasteiger partial charge in [-0.1, -0.05) is 0 Å². The maximum atomic E-state index is 13.4. The Morgan fingerprint density at radius 2 is 1.68 bits per heavy atom. The lowest BCUT2D eigenvalue weighted by molar-refractivity contribution is 0.0526. The summed E-state index contributed by atoms with van der Waals surface area (Å²) in [6, 6.07) is 11.9. The van der Waals surface area contributed by atoms with Gasteiger partial charge >= 0.3 is 5.97 Å². The van der Waals surface area contributed by atoms with Crippen LogP contribution in [0, 0.1) is 18.6 Å². The number of anilines is 4. The predicted molar refractivity (Wildman–Crippen MR) is 102 cm³/mol. The smallest absolute Gasteiger partial charge is 0.338 e. The highest BCUT2D eigenvalue weighted by Crippen LogP contribution is 2.21. The molecule has 6 nitrogen and oxygen atoms in total. The third-order valence-electron chi connectivity index (χ3n) is 3.70. The normalized spacial score (nSPS) is 10.4. The van der Waals surface area contributed by atoms with Crippen LogP contribution in [0.1, 0.15) is 23.0 Å². The Hall–Kier alpha value is -3.55.